The van der Waals surface area contributed by atoms with Crippen LogP contribution in [0.15, 0.2) is 0 Å². The van der Waals surface area contributed by atoms with Crippen LogP contribution in [0, 0.1) is 5.92 Å². The van der Waals surface area contributed by atoms with Gasteiger partial charge in [-0.05, 0) is 32.2 Å². The summed E-state index contributed by atoms with van der Waals surface area (Å²) in [6.07, 6.45) is 5.12. The second-order valence-corrected chi connectivity index (χ2v) is 4.53. The van der Waals surface area contributed by atoms with Crippen LogP contribution in [0.2, 0.25) is 0 Å². The minimum Gasteiger partial charge on any atom is -0.467 e. The van der Waals surface area contributed by atoms with E-state index >= 15 is 0 Å². The molecule has 4 heteroatoms. The zero-order chi connectivity index (χ0) is 11.3. The van der Waals surface area contributed by atoms with Crippen molar-refractivity contribution in [2.45, 2.75) is 38.2 Å². The predicted molar refractivity (Wildman–Crippen MR) is 57.5 cm³/mol. The molecule has 0 bridgehead atoms. The quantitative estimate of drug-likeness (QED) is 0.484. The molecular weight excluding hydrogens is 194 g/mol. The monoisotopic (exact) mass is 215 g/mol. The Labute approximate surface area is 91.0 Å². The van der Waals surface area contributed by atoms with E-state index < -0.39 is 11.6 Å². The molecule has 15 heavy (non-hydrogen) atoms. The van der Waals surface area contributed by atoms with Crippen molar-refractivity contribution in [2.75, 3.05) is 20.2 Å². The number of aliphatic hydroxyl groups is 1. The smallest absolute Gasteiger partial charge is 0.338 e. The molecule has 1 atom stereocenters. The van der Waals surface area contributed by atoms with Gasteiger partial charge in [0.05, 0.1) is 7.11 Å². The van der Waals surface area contributed by atoms with Crippen LogP contribution in [-0.2, 0) is 9.53 Å². The van der Waals surface area contributed by atoms with Crippen molar-refractivity contribution in [3.8, 4) is 0 Å². The summed E-state index contributed by atoms with van der Waals surface area (Å²) in [4.78, 5) is 11.1. The van der Waals surface area contributed by atoms with E-state index in [1.165, 1.54) is 33.3 Å². The average Bonchev–Trinajstić information content (AvgIpc) is 2.99. The lowest BCUT2D eigenvalue weighted by atomic mass is 10.1. The fraction of sp³-hybridized carbons (Fsp3) is 0.909. The van der Waals surface area contributed by atoms with E-state index in [9.17, 15) is 9.90 Å². The molecular formula is C11H21NO3. The molecule has 1 fully saturated rings. The standard InChI is InChI=1S/C11H21NO3/c1-11(14,10(13)15-2)8-12-7-3-4-9-5-6-9/h9,12,14H,3-8H2,1-2H3. The lowest BCUT2D eigenvalue weighted by Gasteiger charge is -2.20. The predicted octanol–water partition coefficient (Wildman–Crippen LogP) is 0.690. The number of esters is 1. The summed E-state index contributed by atoms with van der Waals surface area (Å²) < 4.78 is 4.49. The summed E-state index contributed by atoms with van der Waals surface area (Å²) in [6.45, 7) is 2.57. The van der Waals surface area contributed by atoms with Gasteiger partial charge < -0.3 is 15.2 Å². The van der Waals surface area contributed by atoms with Gasteiger partial charge in [-0.2, -0.15) is 0 Å². The molecule has 0 aromatic rings. The summed E-state index contributed by atoms with van der Waals surface area (Å²) in [7, 11) is 1.28. The highest BCUT2D eigenvalue weighted by atomic mass is 16.5. The number of carbonyl (C=O) groups is 1. The van der Waals surface area contributed by atoms with Gasteiger partial charge in [0.2, 0.25) is 0 Å². The number of ether oxygens (including phenoxy) is 1. The molecule has 4 nitrogen and oxygen atoms in total. The first-order valence-electron chi connectivity index (χ1n) is 5.58. The van der Waals surface area contributed by atoms with E-state index in [0.29, 0.717) is 0 Å². The zero-order valence-corrected chi connectivity index (χ0v) is 9.58. The van der Waals surface area contributed by atoms with E-state index in [1.807, 2.05) is 0 Å². The van der Waals surface area contributed by atoms with Crippen molar-refractivity contribution in [1.82, 2.24) is 5.32 Å². The van der Waals surface area contributed by atoms with Crippen molar-refractivity contribution in [2.24, 2.45) is 5.92 Å². The zero-order valence-electron chi connectivity index (χ0n) is 9.58. The Bertz CT molecular complexity index is 212. The summed E-state index contributed by atoms with van der Waals surface area (Å²) in [6, 6.07) is 0. The SMILES string of the molecule is COC(=O)C(C)(O)CNCCCC1CC1. The van der Waals surface area contributed by atoms with Crippen molar-refractivity contribution >= 4 is 5.97 Å². The van der Waals surface area contributed by atoms with Crippen molar-refractivity contribution in [3.05, 3.63) is 0 Å². The molecule has 0 heterocycles. The first-order valence-corrected chi connectivity index (χ1v) is 5.58. The number of hydrogen-bond donors (Lipinski definition) is 2. The third kappa shape index (κ3) is 4.62. The van der Waals surface area contributed by atoms with Gasteiger partial charge in [0.15, 0.2) is 5.60 Å². The molecule has 0 amide bonds. The van der Waals surface area contributed by atoms with Crippen LogP contribution < -0.4 is 5.32 Å². The number of rotatable bonds is 7. The van der Waals surface area contributed by atoms with Crippen molar-refractivity contribution < 1.29 is 14.6 Å². The molecule has 0 aromatic carbocycles. The van der Waals surface area contributed by atoms with Gasteiger partial charge in [0, 0.05) is 6.54 Å². The lowest BCUT2D eigenvalue weighted by molar-refractivity contribution is -0.159. The van der Waals surface area contributed by atoms with Crippen LogP contribution in [-0.4, -0.2) is 36.9 Å². The molecule has 1 aliphatic carbocycles. The second-order valence-electron chi connectivity index (χ2n) is 4.53. The van der Waals surface area contributed by atoms with E-state index in [-0.39, 0.29) is 6.54 Å². The third-order valence-electron chi connectivity index (χ3n) is 2.76. The van der Waals surface area contributed by atoms with Crippen LogP contribution in [0.5, 0.6) is 0 Å². The highest BCUT2D eigenvalue weighted by Gasteiger charge is 2.30. The summed E-state index contributed by atoms with van der Waals surface area (Å²) >= 11 is 0. The van der Waals surface area contributed by atoms with Crippen molar-refractivity contribution in [3.63, 3.8) is 0 Å². The van der Waals surface area contributed by atoms with Crippen LogP contribution in [0.3, 0.4) is 0 Å². The maximum atomic E-state index is 11.1. The molecule has 0 saturated heterocycles. The molecule has 2 N–H and O–H groups in total. The van der Waals surface area contributed by atoms with Gasteiger partial charge in [-0.25, -0.2) is 4.79 Å². The van der Waals surface area contributed by atoms with E-state index in [0.717, 1.165) is 18.9 Å². The summed E-state index contributed by atoms with van der Waals surface area (Å²) in [5, 5.41) is 12.7. The Kier molecular flexibility index (Phi) is 4.54. The number of methoxy groups -OCH3 is 1. The first kappa shape index (κ1) is 12.5. The average molecular weight is 215 g/mol. The van der Waals surface area contributed by atoms with Gasteiger partial charge in [-0.15, -0.1) is 0 Å². The second kappa shape index (κ2) is 5.47. The van der Waals surface area contributed by atoms with Crippen LogP contribution in [0.25, 0.3) is 0 Å². The number of nitrogens with one attached hydrogen (secondary N) is 1. The molecule has 0 aromatic heterocycles. The molecule has 0 spiro atoms. The molecule has 1 saturated carbocycles. The summed E-state index contributed by atoms with van der Waals surface area (Å²) in [5.41, 5.74) is -1.41. The molecule has 0 radical (unpaired) electrons. The number of carbonyl (C=O) groups excluding carboxylic acids is 1. The maximum absolute atomic E-state index is 11.1. The van der Waals surface area contributed by atoms with Gasteiger partial charge >= 0.3 is 5.97 Å². The minimum atomic E-state index is -1.41. The van der Waals surface area contributed by atoms with Crippen LogP contribution in [0.1, 0.15) is 32.6 Å². The largest absolute Gasteiger partial charge is 0.467 e. The minimum absolute atomic E-state index is 0.254. The highest BCUT2D eigenvalue weighted by molar-refractivity contribution is 5.78. The van der Waals surface area contributed by atoms with Crippen molar-refractivity contribution in [1.29, 1.82) is 0 Å². The molecule has 0 aliphatic heterocycles. The topological polar surface area (TPSA) is 58.6 Å². The van der Waals surface area contributed by atoms with Gasteiger partial charge in [-0.3, -0.25) is 0 Å². The van der Waals surface area contributed by atoms with E-state index in [4.69, 9.17) is 0 Å². The lowest BCUT2D eigenvalue weighted by Crippen LogP contribution is -2.45. The maximum Gasteiger partial charge on any atom is 0.338 e. The normalized spacial score (nSPS) is 19.7. The Balaban J connectivity index is 2.03. The third-order valence-corrected chi connectivity index (χ3v) is 2.76. The Morgan fingerprint density at radius 3 is 2.80 bits per heavy atom. The van der Waals surface area contributed by atoms with Gasteiger partial charge in [-0.1, -0.05) is 12.8 Å². The molecule has 1 aliphatic rings. The molecule has 88 valence electrons. The van der Waals surface area contributed by atoms with Gasteiger partial charge in [0.25, 0.3) is 0 Å². The fourth-order valence-corrected chi connectivity index (χ4v) is 1.55. The Hall–Kier alpha value is -0.610. The summed E-state index contributed by atoms with van der Waals surface area (Å²) in [5.74, 6) is 0.352. The van der Waals surface area contributed by atoms with E-state index in [1.54, 1.807) is 0 Å². The molecule has 1 unspecified atom stereocenters. The first-order chi connectivity index (χ1) is 7.06. The highest BCUT2D eigenvalue weighted by Crippen LogP contribution is 2.33. The van der Waals surface area contributed by atoms with E-state index in [2.05, 4.69) is 10.1 Å². The molecule has 1 rings (SSSR count). The Morgan fingerprint density at radius 2 is 2.27 bits per heavy atom. The van der Waals surface area contributed by atoms with Crippen LogP contribution >= 0.6 is 0 Å². The Morgan fingerprint density at radius 1 is 1.60 bits per heavy atom. The van der Waals surface area contributed by atoms with Crippen LogP contribution in [0.4, 0.5) is 0 Å². The fourth-order valence-electron chi connectivity index (χ4n) is 1.55. The van der Waals surface area contributed by atoms with Gasteiger partial charge in [0.1, 0.15) is 0 Å². The number of hydrogen-bond acceptors (Lipinski definition) is 4.